The molecule has 0 N–H and O–H groups in total. The molecule has 0 heteroatoms. The zero-order valence-electron chi connectivity index (χ0n) is 26.2. The van der Waals surface area contributed by atoms with E-state index in [0.717, 1.165) is 0 Å². The summed E-state index contributed by atoms with van der Waals surface area (Å²) >= 11 is 0. The highest BCUT2D eigenvalue weighted by molar-refractivity contribution is 6.14. The minimum Gasteiger partial charge on any atom is -0.0776 e. The Kier molecular flexibility index (Phi) is 10.4. The summed E-state index contributed by atoms with van der Waals surface area (Å²) in [6.45, 7) is 6.43. The fourth-order valence-electron chi connectivity index (χ4n) is 5.96. The molecule has 0 fully saturated rings. The Morgan fingerprint density at radius 3 is 1.28 bits per heavy atom. The highest BCUT2D eigenvalue weighted by atomic mass is 14.2. The van der Waals surface area contributed by atoms with E-state index in [4.69, 9.17) is 0 Å². The van der Waals surface area contributed by atoms with E-state index in [-0.39, 0.29) is 7.43 Å². The van der Waals surface area contributed by atoms with E-state index >= 15 is 0 Å². The van der Waals surface area contributed by atoms with Gasteiger partial charge in [0.1, 0.15) is 0 Å². The number of rotatable bonds is 2. The molecule has 8 aromatic carbocycles. The monoisotopic (exact) mass is 594 g/mol. The summed E-state index contributed by atoms with van der Waals surface area (Å²) in [5.41, 5.74) is 9.09. The number of hydrogen-bond acceptors (Lipinski definition) is 0. The molecule has 46 heavy (non-hydrogen) atoms. The lowest BCUT2D eigenvalue weighted by atomic mass is 9.88. The highest BCUT2D eigenvalue weighted by Gasteiger charge is 2.12. The number of benzene rings is 8. The zero-order valence-corrected chi connectivity index (χ0v) is 26.2. The van der Waals surface area contributed by atoms with Gasteiger partial charge in [0.2, 0.25) is 0 Å². The van der Waals surface area contributed by atoms with Crippen molar-refractivity contribution < 1.29 is 0 Å². The molecule has 0 heterocycles. The summed E-state index contributed by atoms with van der Waals surface area (Å²) in [6.07, 6.45) is 0. The summed E-state index contributed by atoms with van der Waals surface area (Å²) < 4.78 is 0. The molecule has 0 amide bonds. The summed E-state index contributed by atoms with van der Waals surface area (Å²) in [6, 6.07) is 62.2. The van der Waals surface area contributed by atoms with E-state index in [0.29, 0.717) is 0 Å². The molecule has 0 bridgehead atoms. The molecule has 0 atom stereocenters. The average molecular weight is 595 g/mol. The lowest BCUT2D eigenvalue weighted by Gasteiger charge is -2.15. The molecule has 0 saturated heterocycles. The molecule has 226 valence electrons. The fourth-order valence-corrected chi connectivity index (χ4v) is 5.96. The smallest absolute Gasteiger partial charge is 0.00266 e. The van der Waals surface area contributed by atoms with Crippen LogP contribution in [0.1, 0.15) is 24.1 Å². The van der Waals surface area contributed by atoms with Gasteiger partial charge in [-0.3, -0.25) is 0 Å². The van der Waals surface area contributed by atoms with Crippen LogP contribution in [0.15, 0.2) is 176 Å². The molecule has 8 aromatic rings. The lowest BCUT2D eigenvalue weighted by molar-refractivity contribution is 1.48. The second-order valence-corrected chi connectivity index (χ2v) is 11.5. The molecular formula is C46H42. The maximum Gasteiger partial charge on any atom is -0.00266 e. The molecule has 0 radical (unpaired) electrons. The van der Waals surface area contributed by atoms with E-state index in [9.17, 15) is 0 Å². The van der Waals surface area contributed by atoms with Crippen LogP contribution in [0.3, 0.4) is 0 Å². The van der Waals surface area contributed by atoms with Gasteiger partial charge in [-0.25, -0.2) is 0 Å². The molecular weight excluding hydrogens is 553 g/mol. The predicted octanol–water partition coefficient (Wildman–Crippen LogP) is 13.4. The first-order valence-electron chi connectivity index (χ1n) is 15.6. The van der Waals surface area contributed by atoms with Crippen molar-refractivity contribution in [2.75, 3.05) is 0 Å². The van der Waals surface area contributed by atoms with Crippen LogP contribution < -0.4 is 0 Å². The summed E-state index contributed by atoms with van der Waals surface area (Å²) in [5.74, 6) is 0. The fraction of sp³-hybridized carbons (Fsp3) is 0.0870. The van der Waals surface area contributed by atoms with Gasteiger partial charge in [0.15, 0.2) is 0 Å². The van der Waals surface area contributed by atoms with E-state index in [1.807, 2.05) is 18.2 Å². The normalized spacial score (nSPS) is 10.3. The second kappa shape index (κ2) is 15.0. The molecule has 0 saturated carbocycles. The van der Waals surface area contributed by atoms with Gasteiger partial charge in [-0.1, -0.05) is 194 Å². The molecule has 0 aromatic heterocycles. The first-order valence-corrected chi connectivity index (χ1v) is 15.6. The van der Waals surface area contributed by atoms with Crippen molar-refractivity contribution in [3.8, 4) is 22.3 Å². The molecule has 0 aliphatic carbocycles. The van der Waals surface area contributed by atoms with Crippen LogP contribution >= 0.6 is 0 Å². The van der Waals surface area contributed by atoms with Crippen molar-refractivity contribution in [1.82, 2.24) is 0 Å². The van der Waals surface area contributed by atoms with Gasteiger partial charge >= 0.3 is 0 Å². The minimum absolute atomic E-state index is 0. The third-order valence-electron chi connectivity index (χ3n) is 8.33. The van der Waals surface area contributed by atoms with Crippen molar-refractivity contribution in [1.29, 1.82) is 0 Å². The second-order valence-electron chi connectivity index (χ2n) is 11.5. The van der Waals surface area contributed by atoms with E-state index in [1.54, 1.807) is 0 Å². The number of fused-ring (bicyclic) bond motifs is 3. The van der Waals surface area contributed by atoms with Crippen molar-refractivity contribution in [3.05, 3.63) is 193 Å². The van der Waals surface area contributed by atoms with E-state index in [1.165, 1.54) is 71.3 Å². The van der Waals surface area contributed by atoms with E-state index < -0.39 is 0 Å². The summed E-state index contributed by atoms with van der Waals surface area (Å²) in [5, 5.41) is 7.95. The highest BCUT2D eigenvalue weighted by Crippen LogP contribution is 2.39. The van der Waals surface area contributed by atoms with Crippen LogP contribution in [0.25, 0.3) is 54.6 Å². The maximum atomic E-state index is 2.26. The Labute approximate surface area is 274 Å². The van der Waals surface area contributed by atoms with Gasteiger partial charge in [0.05, 0.1) is 0 Å². The predicted molar refractivity (Wildman–Crippen MR) is 204 cm³/mol. The Bertz CT molecular complexity index is 2100. The van der Waals surface area contributed by atoms with Crippen LogP contribution in [0, 0.1) is 20.8 Å². The number of aryl methyl sites for hydroxylation is 3. The van der Waals surface area contributed by atoms with Gasteiger partial charge in [0.25, 0.3) is 0 Å². The van der Waals surface area contributed by atoms with Gasteiger partial charge in [-0.15, -0.1) is 0 Å². The van der Waals surface area contributed by atoms with Crippen molar-refractivity contribution in [2.24, 2.45) is 0 Å². The Hall–Kier alpha value is -5.46. The standard InChI is InChI=1S/C27H20.C11H10.C7H8.CH4/c1-19-23-11-5-7-13-25(23)27(26-14-8-6-12-24(19)26)22-17-15-21(16-18-22)20-9-3-2-4-10-20;1-9-6-7-10-4-2-3-5-11(10)8-9;1-7-5-3-2-4-6-7;/h2-18H,1H3;2-8H,1H3;2-6H,1H3;1H4. The third-order valence-corrected chi connectivity index (χ3v) is 8.33. The SMILES string of the molecule is C.Cc1c2ccccc2c(-c2ccc(-c3ccccc3)cc2)c2ccccc12.Cc1ccc2ccccc2c1.Cc1ccccc1. The quantitative estimate of drug-likeness (QED) is 0.175. The summed E-state index contributed by atoms with van der Waals surface area (Å²) in [7, 11) is 0. The van der Waals surface area contributed by atoms with Crippen LogP contribution in [0.5, 0.6) is 0 Å². The Balaban J connectivity index is 0.000000179. The first kappa shape index (κ1) is 31.9. The van der Waals surface area contributed by atoms with Gasteiger partial charge in [0, 0.05) is 0 Å². The van der Waals surface area contributed by atoms with Gasteiger partial charge < -0.3 is 0 Å². The minimum atomic E-state index is 0. The van der Waals surface area contributed by atoms with Crippen molar-refractivity contribution in [2.45, 2.75) is 28.2 Å². The summed E-state index contributed by atoms with van der Waals surface area (Å²) in [4.78, 5) is 0. The van der Waals surface area contributed by atoms with Crippen LogP contribution in [-0.2, 0) is 0 Å². The van der Waals surface area contributed by atoms with E-state index in [2.05, 4.69) is 178 Å². The van der Waals surface area contributed by atoms with Crippen molar-refractivity contribution in [3.63, 3.8) is 0 Å². The molecule has 0 aliphatic rings. The average Bonchev–Trinajstić information content (AvgIpc) is 3.10. The molecule has 0 aliphatic heterocycles. The molecule has 8 rings (SSSR count). The van der Waals surface area contributed by atoms with Gasteiger partial charge in [-0.2, -0.15) is 0 Å². The molecule has 0 unspecified atom stereocenters. The molecule has 0 spiro atoms. The topological polar surface area (TPSA) is 0 Å². The molecule has 0 nitrogen and oxygen atoms in total. The third kappa shape index (κ3) is 7.25. The van der Waals surface area contributed by atoms with Crippen molar-refractivity contribution >= 4 is 32.3 Å². The first-order chi connectivity index (χ1) is 22.1. The lowest BCUT2D eigenvalue weighted by Crippen LogP contribution is -1.89. The number of hydrogen-bond donors (Lipinski definition) is 0. The van der Waals surface area contributed by atoms with Crippen LogP contribution in [0.2, 0.25) is 0 Å². The Morgan fingerprint density at radius 2 is 0.739 bits per heavy atom. The maximum absolute atomic E-state index is 2.26. The van der Waals surface area contributed by atoms with Crippen LogP contribution in [-0.4, -0.2) is 0 Å². The van der Waals surface area contributed by atoms with Gasteiger partial charge in [-0.05, 0) is 80.9 Å². The Morgan fingerprint density at radius 1 is 0.304 bits per heavy atom. The zero-order chi connectivity index (χ0) is 31.0. The largest absolute Gasteiger partial charge is 0.0776 e. The van der Waals surface area contributed by atoms with Crippen LogP contribution in [0.4, 0.5) is 0 Å².